The van der Waals surface area contributed by atoms with Crippen LogP contribution in [0.3, 0.4) is 0 Å². The number of morpholine rings is 1. The highest BCUT2D eigenvalue weighted by atomic mass is 16.5. The van der Waals surface area contributed by atoms with Crippen molar-refractivity contribution in [3.05, 3.63) is 65.3 Å². The topological polar surface area (TPSA) is 99.9 Å². The van der Waals surface area contributed by atoms with Crippen molar-refractivity contribution in [3.8, 4) is 0 Å². The molecular weight excluding hydrogens is 408 g/mol. The van der Waals surface area contributed by atoms with Crippen LogP contribution in [0.25, 0.3) is 17.1 Å². The molecule has 1 saturated heterocycles. The molecule has 0 aliphatic carbocycles. The minimum atomic E-state index is -0.357. The highest BCUT2D eigenvalue weighted by molar-refractivity contribution is 5.97. The van der Waals surface area contributed by atoms with E-state index in [0.29, 0.717) is 37.3 Å². The van der Waals surface area contributed by atoms with Gasteiger partial charge in [-0.3, -0.25) is 9.59 Å². The van der Waals surface area contributed by atoms with Gasteiger partial charge in [-0.1, -0.05) is 24.3 Å². The van der Waals surface area contributed by atoms with Gasteiger partial charge in [-0.15, -0.1) is 0 Å². The Morgan fingerprint density at radius 2 is 2.16 bits per heavy atom. The van der Waals surface area contributed by atoms with Crippen LogP contribution in [0.4, 0.5) is 5.69 Å². The first-order valence-corrected chi connectivity index (χ1v) is 10.6. The molecule has 0 atom stereocenters. The maximum atomic E-state index is 12.9. The Morgan fingerprint density at radius 3 is 2.94 bits per heavy atom. The van der Waals surface area contributed by atoms with Gasteiger partial charge >= 0.3 is 0 Å². The van der Waals surface area contributed by atoms with Crippen molar-refractivity contribution < 1.29 is 19.4 Å². The number of aliphatic hydroxyl groups is 1. The molecule has 166 valence electrons. The van der Waals surface area contributed by atoms with Gasteiger partial charge < -0.3 is 24.3 Å². The van der Waals surface area contributed by atoms with Gasteiger partial charge in [0.05, 0.1) is 17.6 Å². The summed E-state index contributed by atoms with van der Waals surface area (Å²) in [7, 11) is 0. The molecule has 8 heteroatoms. The summed E-state index contributed by atoms with van der Waals surface area (Å²) in [6.45, 7) is 3.50. The molecule has 8 nitrogen and oxygen atoms in total. The Balaban J connectivity index is 1.76. The van der Waals surface area contributed by atoms with E-state index in [1.807, 2.05) is 54.0 Å². The van der Waals surface area contributed by atoms with E-state index >= 15 is 0 Å². The quantitative estimate of drug-likeness (QED) is 0.623. The number of amides is 2. The van der Waals surface area contributed by atoms with Crippen molar-refractivity contribution in [1.29, 1.82) is 0 Å². The monoisotopic (exact) mass is 434 g/mol. The van der Waals surface area contributed by atoms with Crippen molar-refractivity contribution in [1.82, 2.24) is 9.55 Å². The van der Waals surface area contributed by atoms with Crippen LogP contribution in [0.2, 0.25) is 0 Å². The van der Waals surface area contributed by atoms with Crippen LogP contribution in [-0.2, 0) is 16.1 Å². The average Bonchev–Trinajstić information content (AvgIpc) is 3.14. The van der Waals surface area contributed by atoms with E-state index < -0.39 is 0 Å². The second-order valence-electron chi connectivity index (χ2n) is 7.52. The number of anilines is 1. The first-order valence-electron chi connectivity index (χ1n) is 10.6. The molecule has 0 saturated carbocycles. The van der Waals surface area contributed by atoms with E-state index in [2.05, 4.69) is 9.98 Å². The molecule has 2 N–H and O–H groups in total. The number of carbonyl (C=O) groups is 2. The number of aryl methyl sites for hydroxylation is 1. The lowest BCUT2D eigenvalue weighted by molar-refractivity contribution is -0.125. The summed E-state index contributed by atoms with van der Waals surface area (Å²) in [4.78, 5) is 34.4. The summed E-state index contributed by atoms with van der Waals surface area (Å²) < 4.78 is 7.09. The summed E-state index contributed by atoms with van der Waals surface area (Å²) in [5.41, 5.74) is 4.19. The van der Waals surface area contributed by atoms with E-state index in [-0.39, 0.29) is 25.0 Å². The SMILES string of the molecule is C/C=C/c1cccc(C(=O)/N=c2\[nH]c3cc(N4CCOCC4=O)ccc3n2CCCO)c1. The zero-order valence-corrected chi connectivity index (χ0v) is 18.0. The molecule has 0 radical (unpaired) electrons. The third kappa shape index (κ3) is 4.56. The van der Waals surface area contributed by atoms with Crippen LogP contribution in [0.1, 0.15) is 29.3 Å². The standard InChI is InChI=1S/C24H26N4O4/c1-2-5-17-6-3-7-18(14-17)23(31)26-24-25-20-15-19(27-11-13-32-16-22(27)30)8-9-21(20)28(24)10-4-12-29/h2-3,5-9,14-15,29H,4,10-13,16H2,1H3,(H,25,26,31)/b5-2+. The molecule has 0 spiro atoms. The number of allylic oxidation sites excluding steroid dienone is 1. The van der Waals surface area contributed by atoms with Crippen molar-refractivity contribution in [2.75, 3.05) is 31.3 Å². The second kappa shape index (κ2) is 9.76. The van der Waals surface area contributed by atoms with Crippen molar-refractivity contribution in [3.63, 3.8) is 0 Å². The van der Waals surface area contributed by atoms with Gasteiger partial charge in [0.2, 0.25) is 5.62 Å². The number of benzene rings is 2. The summed E-state index contributed by atoms with van der Waals surface area (Å²) in [6.07, 6.45) is 4.36. The van der Waals surface area contributed by atoms with Crippen LogP contribution >= 0.6 is 0 Å². The molecule has 4 rings (SSSR count). The number of nitrogens with one attached hydrogen (secondary N) is 1. The zero-order valence-electron chi connectivity index (χ0n) is 18.0. The lowest BCUT2D eigenvalue weighted by atomic mass is 10.1. The molecule has 1 aliphatic rings. The number of imidazole rings is 1. The third-order valence-electron chi connectivity index (χ3n) is 5.31. The number of carbonyl (C=O) groups excluding carboxylic acids is 2. The van der Waals surface area contributed by atoms with Crippen molar-refractivity contribution in [2.24, 2.45) is 4.99 Å². The minimum Gasteiger partial charge on any atom is -0.396 e. The lowest BCUT2D eigenvalue weighted by Gasteiger charge is -2.26. The van der Waals surface area contributed by atoms with E-state index in [4.69, 9.17) is 4.74 Å². The van der Waals surface area contributed by atoms with Crippen LogP contribution in [0.5, 0.6) is 0 Å². The van der Waals surface area contributed by atoms with Crippen LogP contribution in [-0.4, -0.2) is 52.8 Å². The molecule has 32 heavy (non-hydrogen) atoms. The van der Waals surface area contributed by atoms with E-state index in [1.54, 1.807) is 17.0 Å². The van der Waals surface area contributed by atoms with Gasteiger partial charge in [-0.2, -0.15) is 4.99 Å². The number of hydrogen-bond donors (Lipinski definition) is 2. The number of ether oxygens (including phenoxy) is 1. The highest BCUT2D eigenvalue weighted by Gasteiger charge is 2.21. The molecule has 1 aromatic heterocycles. The molecule has 2 aromatic carbocycles. The van der Waals surface area contributed by atoms with Crippen LogP contribution < -0.4 is 10.5 Å². The zero-order chi connectivity index (χ0) is 22.5. The van der Waals surface area contributed by atoms with Gasteiger partial charge in [0.15, 0.2) is 0 Å². The number of aromatic nitrogens is 2. The Labute approximate surface area is 185 Å². The number of fused-ring (bicyclic) bond motifs is 1. The number of rotatable bonds is 6. The predicted molar refractivity (Wildman–Crippen MR) is 122 cm³/mol. The van der Waals surface area contributed by atoms with Crippen LogP contribution in [0.15, 0.2) is 53.5 Å². The number of hydrogen-bond acceptors (Lipinski definition) is 4. The number of H-pyrrole nitrogens is 1. The third-order valence-corrected chi connectivity index (χ3v) is 5.31. The molecule has 3 aromatic rings. The Bertz CT molecular complexity index is 1240. The lowest BCUT2D eigenvalue weighted by Crippen LogP contribution is -2.41. The largest absolute Gasteiger partial charge is 0.396 e. The highest BCUT2D eigenvalue weighted by Crippen LogP contribution is 2.22. The first-order chi connectivity index (χ1) is 15.6. The fourth-order valence-electron chi connectivity index (χ4n) is 3.79. The summed E-state index contributed by atoms with van der Waals surface area (Å²) in [6, 6.07) is 12.9. The molecular formula is C24H26N4O4. The number of nitrogens with zero attached hydrogens (tertiary/aromatic N) is 3. The summed E-state index contributed by atoms with van der Waals surface area (Å²) in [5, 5.41) is 9.33. The van der Waals surface area contributed by atoms with Gasteiger partial charge in [0.1, 0.15) is 6.61 Å². The van der Waals surface area contributed by atoms with Crippen LogP contribution in [0, 0.1) is 0 Å². The Kier molecular flexibility index (Phi) is 6.63. The maximum Gasteiger partial charge on any atom is 0.280 e. The van der Waals surface area contributed by atoms with Gasteiger partial charge in [-0.05, 0) is 49.2 Å². The fourth-order valence-corrected chi connectivity index (χ4v) is 3.79. The maximum absolute atomic E-state index is 12.9. The molecule has 2 amide bonds. The minimum absolute atomic E-state index is 0.0266. The fraction of sp³-hybridized carbons (Fsp3) is 0.292. The van der Waals surface area contributed by atoms with Gasteiger partial charge in [0, 0.05) is 30.9 Å². The number of aliphatic hydroxyl groups excluding tert-OH is 1. The Hall–Kier alpha value is -3.49. The summed E-state index contributed by atoms with van der Waals surface area (Å²) >= 11 is 0. The predicted octanol–water partition coefficient (Wildman–Crippen LogP) is 2.49. The van der Waals surface area contributed by atoms with E-state index in [0.717, 1.165) is 22.3 Å². The van der Waals surface area contributed by atoms with Gasteiger partial charge in [-0.25, -0.2) is 0 Å². The molecule has 1 aliphatic heterocycles. The first kappa shape index (κ1) is 21.7. The smallest absolute Gasteiger partial charge is 0.280 e. The van der Waals surface area contributed by atoms with Crippen molar-refractivity contribution >= 4 is 34.6 Å². The van der Waals surface area contributed by atoms with Crippen molar-refractivity contribution in [2.45, 2.75) is 19.9 Å². The molecule has 2 heterocycles. The average molecular weight is 434 g/mol. The molecule has 0 unspecified atom stereocenters. The van der Waals surface area contributed by atoms with Gasteiger partial charge in [0.25, 0.3) is 11.8 Å². The second-order valence-corrected chi connectivity index (χ2v) is 7.52. The van der Waals surface area contributed by atoms with E-state index in [1.165, 1.54) is 0 Å². The summed E-state index contributed by atoms with van der Waals surface area (Å²) in [5.74, 6) is -0.444. The van der Waals surface area contributed by atoms with E-state index in [9.17, 15) is 14.7 Å². The normalized spacial score (nSPS) is 15.2. The molecule has 0 bridgehead atoms. The Morgan fingerprint density at radius 1 is 1.28 bits per heavy atom. The number of aromatic amines is 1. The molecule has 1 fully saturated rings.